The van der Waals surface area contributed by atoms with Gasteiger partial charge in [0.05, 0.1) is 0 Å². The van der Waals surface area contributed by atoms with Crippen LogP contribution in [0, 0.1) is 0 Å². The van der Waals surface area contributed by atoms with Gasteiger partial charge in [0, 0.05) is 25.7 Å². The van der Waals surface area contributed by atoms with Gasteiger partial charge >= 0.3 is 0 Å². The first-order valence-electron chi connectivity index (χ1n) is 6.82. The lowest BCUT2D eigenvalue weighted by Gasteiger charge is -2.36. The molecule has 1 aliphatic heterocycles. The number of piperidine rings is 1. The van der Waals surface area contributed by atoms with Gasteiger partial charge in [-0.2, -0.15) is 0 Å². The molecular formula is C13H26N2O2. The van der Waals surface area contributed by atoms with E-state index in [1.165, 1.54) is 6.42 Å². The van der Waals surface area contributed by atoms with E-state index in [0.29, 0.717) is 13.2 Å². The van der Waals surface area contributed by atoms with Gasteiger partial charge in [-0.3, -0.25) is 4.79 Å². The summed E-state index contributed by atoms with van der Waals surface area (Å²) < 4.78 is 5.56. The fourth-order valence-corrected chi connectivity index (χ4v) is 2.25. The number of hydrogen-bond acceptors (Lipinski definition) is 3. The normalized spacial score (nSPS) is 22.5. The first-order chi connectivity index (χ1) is 8.20. The Hall–Kier alpha value is -0.610. The quantitative estimate of drug-likeness (QED) is 0.719. The molecule has 17 heavy (non-hydrogen) atoms. The highest BCUT2D eigenvalue weighted by Crippen LogP contribution is 2.17. The van der Waals surface area contributed by atoms with E-state index in [1.54, 1.807) is 0 Å². The lowest BCUT2D eigenvalue weighted by Crippen LogP contribution is -2.51. The fourth-order valence-electron chi connectivity index (χ4n) is 2.25. The average Bonchev–Trinajstić information content (AvgIpc) is 2.38. The number of rotatable bonds is 6. The molecule has 1 aliphatic rings. The molecular weight excluding hydrogens is 216 g/mol. The molecule has 0 spiro atoms. The van der Waals surface area contributed by atoms with Crippen molar-refractivity contribution in [2.75, 3.05) is 19.7 Å². The van der Waals surface area contributed by atoms with E-state index < -0.39 is 0 Å². The van der Waals surface area contributed by atoms with Crippen molar-refractivity contribution in [3.8, 4) is 0 Å². The van der Waals surface area contributed by atoms with Gasteiger partial charge in [-0.1, -0.05) is 13.3 Å². The summed E-state index contributed by atoms with van der Waals surface area (Å²) >= 11 is 0. The molecule has 0 aliphatic carbocycles. The third kappa shape index (κ3) is 4.28. The summed E-state index contributed by atoms with van der Waals surface area (Å²) in [4.78, 5) is 14.1. The largest absolute Gasteiger partial charge is 0.369 e. The van der Waals surface area contributed by atoms with E-state index in [4.69, 9.17) is 10.5 Å². The van der Waals surface area contributed by atoms with Crippen molar-refractivity contribution in [2.24, 2.45) is 5.73 Å². The SMILES string of the molecule is CCCCOC(C)C(=O)N1CCCCC1CN. The number of nitrogens with zero attached hydrogens (tertiary/aromatic N) is 1. The van der Waals surface area contributed by atoms with Crippen LogP contribution in [0.15, 0.2) is 0 Å². The minimum absolute atomic E-state index is 0.108. The molecule has 100 valence electrons. The molecule has 4 nitrogen and oxygen atoms in total. The maximum absolute atomic E-state index is 12.2. The highest BCUT2D eigenvalue weighted by atomic mass is 16.5. The van der Waals surface area contributed by atoms with Crippen LogP contribution in [0.3, 0.4) is 0 Å². The van der Waals surface area contributed by atoms with Gasteiger partial charge in [0.1, 0.15) is 6.10 Å². The average molecular weight is 242 g/mol. The predicted octanol–water partition coefficient (Wildman–Crippen LogP) is 1.53. The van der Waals surface area contributed by atoms with Crippen LogP contribution in [0.5, 0.6) is 0 Å². The summed E-state index contributed by atoms with van der Waals surface area (Å²) in [6, 6.07) is 0.216. The first-order valence-corrected chi connectivity index (χ1v) is 6.82. The van der Waals surface area contributed by atoms with E-state index in [0.717, 1.165) is 32.2 Å². The number of hydrogen-bond donors (Lipinski definition) is 1. The van der Waals surface area contributed by atoms with Crippen molar-refractivity contribution < 1.29 is 9.53 Å². The minimum atomic E-state index is -0.325. The van der Waals surface area contributed by atoms with Gasteiger partial charge in [-0.15, -0.1) is 0 Å². The molecule has 1 fully saturated rings. The third-order valence-corrected chi connectivity index (χ3v) is 3.40. The summed E-state index contributed by atoms with van der Waals surface area (Å²) in [6.45, 7) is 6.03. The Kier molecular flexibility index (Phi) is 6.52. The smallest absolute Gasteiger partial charge is 0.251 e. The number of unbranched alkanes of at least 4 members (excludes halogenated alkanes) is 1. The summed E-state index contributed by atoms with van der Waals surface area (Å²) in [7, 11) is 0. The monoisotopic (exact) mass is 242 g/mol. The predicted molar refractivity (Wildman–Crippen MR) is 68.7 cm³/mol. The van der Waals surface area contributed by atoms with Gasteiger partial charge in [-0.05, 0) is 32.6 Å². The zero-order chi connectivity index (χ0) is 12.7. The van der Waals surface area contributed by atoms with Gasteiger partial charge in [-0.25, -0.2) is 0 Å². The number of amides is 1. The second-order valence-corrected chi connectivity index (χ2v) is 4.78. The third-order valence-electron chi connectivity index (χ3n) is 3.40. The van der Waals surface area contributed by atoms with Crippen molar-refractivity contribution in [1.82, 2.24) is 4.90 Å². The molecule has 2 N–H and O–H groups in total. The van der Waals surface area contributed by atoms with Crippen molar-refractivity contribution in [1.29, 1.82) is 0 Å². The molecule has 1 heterocycles. The molecule has 2 atom stereocenters. The van der Waals surface area contributed by atoms with Crippen LogP contribution in [0.25, 0.3) is 0 Å². The molecule has 0 saturated carbocycles. The highest BCUT2D eigenvalue weighted by Gasteiger charge is 2.28. The Labute approximate surface area is 104 Å². The molecule has 0 bridgehead atoms. The van der Waals surface area contributed by atoms with Gasteiger partial charge in [0.25, 0.3) is 5.91 Å². The van der Waals surface area contributed by atoms with Gasteiger partial charge in [0.15, 0.2) is 0 Å². The van der Waals surface area contributed by atoms with Crippen LogP contribution in [0.2, 0.25) is 0 Å². The Morgan fingerprint density at radius 3 is 2.94 bits per heavy atom. The van der Waals surface area contributed by atoms with Crippen LogP contribution >= 0.6 is 0 Å². The Morgan fingerprint density at radius 2 is 2.29 bits per heavy atom. The number of ether oxygens (including phenoxy) is 1. The van der Waals surface area contributed by atoms with Crippen molar-refractivity contribution in [3.05, 3.63) is 0 Å². The summed E-state index contributed by atoms with van der Waals surface area (Å²) in [6.07, 6.45) is 5.08. The Balaban J connectivity index is 2.43. The van der Waals surface area contributed by atoms with Gasteiger partial charge in [0.2, 0.25) is 0 Å². The molecule has 2 unspecified atom stereocenters. The van der Waals surface area contributed by atoms with Crippen LogP contribution in [0.1, 0.15) is 46.0 Å². The van der Waals surface area contributed by atoms with Crippen LogP contribution < -0.4 is 5.73 Å². The summed E-state index contributed by atoms with van der Waals surface area (Å²) in [5.41, 5.74) is 5.72. The van der Waals surface area contributed by atoms with E-state index in [2.05, 4.69) is 6.92 Å². The molecule has 1 saturated heterocycles. The molecule has 0 aromatic heterocycles. The lowest BCUT2D eigenvalue weighted by molar-refractivity contribution is -0.146. The Bertz CT molecular complexity index is 233. The van der Waals surface area contributed by atoms with Crippen LogP contribution in [-0.4, -0.2) is 42.6 Å². The van der Waals surface area contributed by atoms with E-state index >= 15 is 0 Å². The zero-order valence-electron chi connectivity index (χ0n) is 11.2. The zero-order valence-corrected chi connectivity index (χ0v) is 11.2. The standard InChI is InChI=1S/C13H26N2O2/c1-3-4-9-17-11(2)13(16)15-8-6-5-7-12(15)10-14/h11-12H,3-10,14H2,1-2H3. The van der Waals surface area contributed by atoms with E-state index in [-0.39, 0.29) is 18.1 Å². The molecule has 1 rings (SSSR count). The van der Waals surface area contributed by atoms with Crippen molar-refractivity contribution in [3.63, 3.8) is 0 Å². The molecule has 4 heteroatoms. The molecule has 0 aromatic rings. The van der Waals surface area contributed by atoms with Crippen LogP contribution in [0.4, 0.5) is 0 Å². The van der Waals surface area contributed by atoms with Gasteiger partial charge < -0.3 is 15.4 Å². The highest BCUT2D eigenvalue weighted by molar-refractivity contribution is 5.81. The molecule has 1 amide bonds. The first kappa shape index (κ1) is 14.5. The number of carbonyl (C=O) groups excluding carboxylic acids is 1. The number of likely N-dealkylation sites (tertiary alicyclic amines) is 1. The molecule has 0 aromatic carbocycles. The fraction of sp³-hybridized carbons (Fsp3) is 0.923. The summed E-state index contributed by atoms with van der Waals surface area (Å²) in [5.74, 6) is 0.108. The minimum Gasteiger partial charge on any atom is -0.369 e. The van der Waals surface area contributed by atoms with Crippen molar-refractivity contribution in [2.45, 2.75) is 58.1 Å². The van der Waals surface area contributed by atoms with E-state index in [1.807, 2.05) is 11.8 Å². The number of carbonyl (C=O) groups is 1. The maximum atomic E-state index is 12.2. The molecule has 0 radical (unpaired) electrons. The maximum Gasteiger partial charge on any atom is 0.251 e. The second kappa shape index (κ2) is 7.67. The summed E-state index contributed by atoms with van der Waals surface area (Å²) in [5, 5.41) is 0. The number of nitrogens with two attached hydrogens (primary N) is 1. The topological polar surface area (TPSA) is 55.6 Å². The second-order valence-electron chi connectivity index (χ2n) is 4.78. The van der Waals surface area contributed by atoms with Crippen molar-refractivity contribution >= 4 is 5.91 Å². The Morgan fingerprint density at radius 1 is 1.53 bits per heavy atom. The lowest BCUT2D eigenvalue weighted by atomic mass is 10.0. The van der Waals surface area contributed by atoms with E-state index in [9.17, 15) is 4.79 Å². The van der Waals surface area contributed by atoms with Crippen LogP contribution in [-0.2, 0) is 9.53 Å².